The van der Waals surface area contributed by atoms with Crippen molar-refractivity contribution in [1.82, 2.24) is 0 Å². The Hall–Kier alpha value is -1.63. The number of carbonyl (C=O) groups is 1. The quantitative estimate of drug-likeness (QED) is 0.691. The Balaban J connectivity index is 2.02. The summed E-state index contributed by atoms with van der Waals surface area (Å²) in [7, 11) is 0. The summed E-state index contributed by atoms with van der Waals surface area (Å²) in [5.41, 5.74) is 0.869. The molecule has 0 amide bonds. The van der Waals surface area contributed by atoms with Crippen LogP contribution in [-0.4, -0.2) is 5.78 Å². The number of carbonyl (C=O) groups excluding carboxylic acids is 1. The molecule has 0 aliphatic heterocycles. The molecule has 0 N–H and O–H groups in total. The number of rotatable bonds is 2. The first-order valence-electron chi connectivity index (χ1n) is 5.79. The number of fused-ring (bicyclic) bond motifs is 1. The zero-order chi connectivity index (χ0) is 11.1. The number of ketones is 1. The van der Waals surface area contributed by atoms with Crippen LogP contribution in [0.3, 0.4) is 0 Å². The molecule has 3 rings (SSSR count). The highest BCUT2D eigenvalue weighted by Gasteiger charge is 2.39. The molecule has 0 spiro atoms. The van der Waals surface area contributed by atoms with Crippen molar-refractivity contribution in [3.63, 3.8) is 0 Å². The van der Waals surface area contributed by atoms with Crippen LogP contribution in [0.25, 0.3) is 10.8 Å². The zero-order valence-electron chi connectivity index (χ0n) is 9.31. The molecule has 1 aliphatic carbocycles. The molecule has 0 aromatic heterocycles. The van der Waals surface area contributed by atoms with E-state index in [0.29, 0.717) is 11.7 Å². The summed E-state index contributed by atoms with van der Waals surface area (Å²) < 4.78 is 0. The molecule has 0 bridgehead atoms. The van der Waals surface area contributed by atoms with Gasteiger partial charge in [-0.2, -0.15) is 0 Å². The first-order chi connectivity index (χ1) is 7.75. The predicted molar refractivity (Wildman–Crippen MR) is 65.5 cm³/mol. The number of hydrogen-bond donors (Lipinski definition) is 0. The van der Waals surface area contributed by atoms with Crippen LogP contribution in [-0.2, 0) is 0 Å². The monoisotopic (exact) mass is 210 g/mol. The first-order valence-corrected chi connectivity index (χ1v) is 5.79. The standard InChI is InChI=1S/C15H14O/c1-10-8-14(10)15(16)13-7-6-11-4-2-3-5-12(11)9-13/h2-7,9-10,14H,8H2,1H3. The van der Waals surface area contributed by atoms with Gasteiger partial charge in [-0.15, -0.1) is 0 Å². The van der Waals surface area contributed by atoms with Crippen molar-refractivity contribution in [3.8, 4) is 0 Å². The maximum absolute atomic E-state index is 12.1. The minimum absolute atomic E-state index is 0.279. The molecule has 1 saturated carbocycles. The number of hydrogen-bond acceptors (Lipinski definition) is 1. The summed E-state index contributed by atoms with van der Waals surface area (Å²) >= 11 is 0. The maximum atomic E-state index is 12.1. The van der Waals surface area contributed by atoms with Crippen molar-refractivity contribution in [2.45, 2.75) is 13.3 Å². The van der Waals surface area contributed by atoms with Crippen molar-refractivity contribution < 1.29 is 4.79 Å². The smallest absolute Gasteiger partial charge is 0.166 e. The second-order valence-electron chi connectivity index (χ2n) is 4.75. The second-order valence-corrected chi connectivity index (χ2v) is 4.75. The Morgan fingerprint density at radius 1 is 1.12 bits per heavy atom. The highest BCUT2D eigenvalue weighted by Crippen LogP contribution is 2.40. The van der Waals surface area contributed by atoms with Gasteiger partial charge in [0.05, 0.1) is 0 Å². The third kappa shape index (κ3) is 1.53. The Morgan fingerprint density at radius 2 is 1.81 bits per heavy atom. The summed E-state index contributed by atoms with van der Waals surface area (Å²) in [5.74, 6) is 1.18. The highest BCUT2D eigenvalue weighted by atomic mass is 16.1. The zero-order valence-corrected chi connectivity index (χ0v) is 9.31. The van der Waals surface area contributed by atoms with Gasteiger partial charge in [-0.3, -0.25) is 4.79 Å². The molecule has 16 heavy (non-hydrogen) atoms. The van der Waals surface area contributed by atoms with Crippen LogP contribution in [0.4, 0.5) is 0 Å². The molecule has 2 aromatic carbocycles. The van der Waals surface area contributed by atoms with E-state index in [9.17, 15) is 4.79 Å². The molecular formula is C15H14O. The van der Waals surface area contributed by atoms with Gasteiger partial charge in [0.1, 0.15) is 0 Å². The van der Waals surface area contributed by atoms with Crippen LogP contribution in [0.1, 0.15) is 23.7 Å². The first kappa shape index (κ1) is 9.59. The summed E-state index contributed by atoms with van der Waals surface area (Å²) in [6.45, 7) is 2.14. The van der Waals surface area contributed by atoms with Crippen LogP contribution < -0.4 is 0 Å². The van der Waals surface area contributed by atoms with Gasteiger partial charge >= 0.3 is 0 Å². The van der Waals surface area contributed by atoms with E-state index in [2.05, 4.69) is 19.1 Å². The lowest BCUT2D eigenvalue weighted by Gasteiger charge is -2.02. The van der Waals surface area contributed by atoms with Crippen LogP contribution >= 0.6 is 0 Å². The van der Waals surface area contributed by atoms with Gasteiger partial charge in [-0.05, 0) is 29.2 Å². The van der Waals surface area contributed by atoms with Crippen LogP contribution in [0.2, 0.25) is 0 Å². The van der Waals surface area contributed by atoms with Crippen molar-refractivity contribution in [3.05, 3.63) is 48.0 Å². The molecule has 1 nitrogen and oxygen atoms in total. The Labute approximate surface area is 95.1 Å². The average Bonchev–Trinajstić information content (AvgIpc) is 3.05. The lowest BCUT2D eigenvalue weighted by molar-refractivity contribution is 0.0962. The fraction of sp³-hybridized carbons (Fsp3) is 0.267. The summed E-state index contributed by atoms with van der Waals surface area (Å²) in [6.07, 6.45) is 1.06. The molecule has 0 heterocycles. The molecule has 0 radical (unpaired) electrons. The topological polar surface area (TPSA) is 17.1 Å². The normalized spacial score (nSPS) is 23.3. The van der Waals surface area contributed by atoms with E-state index >= 15 is 0 Å². The molecule has 2 aromatic rings. The lowest BCUT2D eigenvalue weighted by Crippen LogP contribution is -2.02. The fourth-order valence-corrected chi connectivity index (χ4v) is 2.24. The average molecular weight is 210 g/mol. The second kappa shape index (κ2) is 3.44. The van der Waals surface area contributed by atoms with E-state index in [-0.39, 0.29) is 5.92 Å². The van der Waals surface area contributed by atoms with Crippen molar-refractivity contribution >= 4 is 16.6 Å². The van der Waals surface area contributed by atoms with Crippen LogP contribution in [0.15, 0.2) is 42.5 Å². The van der Waals surface area contributed by atoms with Crippen LogP contribution in [0, 0.1) is 11.8 Å². The molecule has 1 heteroatoms. The van der Waals surface area contributed by atoms with Gasteiger partial charge in [0.2, 0.25) is 0 Å². The van der Waals surface area contributed by atoms with Gasteiger partial charge in [0.25, 0.3) is 0 Å². The molecule has 80 valence electrons. The van der Waals surface area contributed by atoms with Crippen molar-refractivity contribution in [2.24, 2.45) is 11.8 Å². The van der Waals surface area contributed by atoms with E-state index in [0.717, 1.165) is 17.4 Å². The largest absolute Gasteiger partial charge is 0.294 e. The van der Waals surface area contributed by atoms with E-state index in [1.54, 1.807) is 0 Å². The number of benzene rings is 2. The molecule has 2 atom stereocenters. The summed E-state index contributed by atoms with van der Waals surface area (Å²) in [5, 5.41) is 2.35. The Kier molecular flexibility index (Phi) is 2.06. The minimum Gasteiger partial charge on any atom is -0.294 e. The molecular weight excluding hydrogens is 196 g/mol. The van der Waals surface area contributed by atoms with E-state index in [4.69, 9.17) is 0 Å². The fourth-order valence-electron chi connectivity index (χ4n) is 2.24. The number of Topliss-reactive ketones (excluding diaryl/α,β-unsaturated/α-hetero) is 1. The van der Waals surface area contributed by atoms with E-state index < -0.39 is 0 Å². The molecule has 0 saturated heterocycles. The maximum Gasteiger partial charge on any atom is 0.166 e. The molecule has 1 fully saturated rings. The lowest BCUT2D eigenvalue weighted by atomic mass is 10.0. The van der Waals surface area contributed by atoms with Gasteiger partial charge in [-0.1, -0.05) is 43.3 Å². The SMILES string of the molecule is CC1CC1C(=O)c1ccc2ccccc2c1. The summed E-state index contributed by atoms with van der Waals surface area (Å²) in [4.78, 5) is 12.1. The van der Waals surface area contributed by atoms with Crippen LogP contribution in [0.5, 0.6) is 0 Å². The Morgan fingerprint density at radius 3 is 2.50 bits per heavy atom. The highest BCUT2D eigenvalue weighted by molar-refractivity contribution is 6.02. The van der Waals surface area contributed by atoms with Gasteiger partial charge in [0.15, 0.2) is 5.78 Å². The Bertz CT molecular complexity index is 556. The molecule has 1 aliphatic rings. The van der Waals surface area contributed by atoms with E-state index in [1.807, 2.05) is 30.3 Å². The minimum atomic E-state index is 0.279. The third-order valence-electron chi connectivity index (χ3n) is 3.48. The van der Waals surface area contributed by atoms with Crippen molar-refractivity contribution in [1.29, 1.82) is 0 Å². The molecule has 2 unspecified atom stereocenters. The van der Waals surface area contributed by atoms with Gasteiger partial charge < -0.3 is 0 Å². The predicted octanol–water partition coefficient (Wildman–Crippen LogP) is 3.68. The third-order valence-corrected chi connectivity index (χ3v) is 3.48. The van der Waals surface area contributed by atoms with E-state index in [1.165, 1.54) is 5.39 Å². The van der Waals surface area contributed by atoms with Gasteiger partial charge in [0, 0.05) is 11.5 Å². The van der Waals surface area contributed by atoms with Gasteiger partial charge in [-0.25, -0.2) is 0 Å². The summed E-state index contributed by atoms with van der Waals surface area (Å²) in [6, 6.07) is 14.2. The van der Waals surface area contributed by atoms with Crippen molar-refractivity contribution in [2.75, 3.05) is 0 Å².